The second kappa shape index (κ2) is 8.55. The third-order valence-corrected chi connectivity index (χ3v) is 5.55. The maximum Gasteiger partial charge on any atom is 0.258 e. The molecule has 0 fully saturated rings. The number of anilines is 1. The Bertz CT molecular complexity index is 852. The molecule has 26 heavy (non-hydrogen) atoms. The molecule has 0 heterocycles. The standard InChI is InChI=1S/C18H21BrN2O4S/c1-13(14-4-6-15(19)7-5-14)20-18(22)12-25-17-10-8-16(9-11-17)21(2)26(3,23)24/h4-11,13H,12H2,1-3H3,(H,20,22)/t13-/m0/s1. The largest absolute Gasteiger partial charge is 0.484 e. The number of rotatable bonds is 7. The van der Waals surface area contributed by atoms with Crippen molar-refractivity contribution >= 4 is 37.5 Å². The van der Waals surface area contributed by atoms with Crippen LogP contribution in [0.3, 0.4) is 0 Å². The molecule has 0 aliphatic rings. The average Bonchev–Trinajstić information content (AvgIpc) is 2.59. The van der Waals surface area contributed by atoms with Gasteiger partial charge in [0.15, 0.2) is 6.61 Å². The summed E-state index contributed by atoms with van der Waals surface area (Å²) in [5.41, 5.74) is 1.52. The lowest BCUT2D eigenvalue weighted by atomic mass is 10.1. The van der Waals surface area contributed by atoms with Crippen molar-refractivity contribution in [3.63, 3.8) is 0 Å². The van der Waals surface area contributed by atoms with E-state index in [0.717, 1.165) is 16.3 Å². The van der Waals surface area contributed by atoms with Crippen LogP contribution in [-0.2, 0) is 14.8 Å². The second-order valence-electron chi connectivity index (χ2n) is 5.85. The number of nitrogens with zero attached hydrogens (tertiary/aromatic N) is 1. The number of hydrogen-bond donors (Lipinski definition) is 1. The van der Waals surface area contributed by atoms with Crippen molar-refractivity contribution in [3.05, 3.63) is 58.6 Å². The topological polar surface area (TPSA) is 75.7 Å². The number of benzene rings is 2. The van der Waals surface area contributed by atoms with Gasteiger partial charge < -0.3 is 10.1 Å². The van der Waals surface area contributed by atoms with Gasteiger partial charge in [-0.2, -0.15) is 0 Å². The smallest absolute Gasteiger partial charge is 0.258 e. The van der Waals surface area contributed by atoms with Crippen LogP contribution in [0.2, 0.25) is 0 Å². The minimum Gasteiger partial charge on any atom is -0.484 e. The van der Waals surface area contributed by atoms with Gasteiger partial charge in [-0.05, 0) is 48.9 Å². The Morgan fingerprint density at radius 2 is 1.73 bits per heavy atom. The SMILES string of the molecule is C[C@H](NC(=O)COc1ccc(N(C)S(C)(=O)=O)cc1)c1ccc(Br)cc1. The molecule has 8 heteroatoms. The molecule has 0 bridgehead atoms. The summed E-state index contributed by atoms with van der Waals surface area (Å²) in [6, 6.07) is 14.1. The Hall–Kier alpha value is -2.06. The molecule has 0 saturated heterocycles. The molecule has 0 aliphatic heterocycles. The van der Waals surface area contributed by atoms with E-state index < -0.39 is 10.0 Å². The van der Waals surface area contributed by atoms with Crippen molar-refractivity contribution in [1.29, 1.82) is 0 Å². The van der Waals surface area contributed by atoms with Crippen LogP contribution in [0.4, 0.5) is 5.69 Å². The third-order valence-electron chi connectivity index (χ3n) is 3.82. The van der Waals surface area contributed by atoms with E-state index in [1.54, 1.807) is 24.3 Å². The molecule has 0 saturated carbocycles. The molecular weight excluding hydrogens is 420 g/mol. The van der Waals surface area contributed by atoms with Gasteiger partial charge >= 0.3 is 0 Å². The molecule has 0 unspecified atom stereocenters. The first-order valence-corrected chi connectivity index (χ1v) is 10.5. The van der Waals surface area contributed by atoms with Gasteiger partial charge in [-0.1, -0.05) is 28.1 Å². The number of amides is 1. The van der Waals surface area contributed by atoms with Crippen LogP contribution >= 0.6 is 15.9 Å². The summed E-state index contributed by atoms with van der Waals surface area (Å²) < 4.78 is 30.6. The number of hydrogen-bond acceptors (Lipinski definition) is 4. The molecule has 0 spiro atoms. The molecule has 2 aromatic carbocycles. The van der Waals surface area contributed by atoms with Crippen molar-refractivity contribution < 1.29 is 17.9 Å². The number of carbonyl (C=O) groups is 1. The van der Waals surface area contributed by atoms with Gasteiger partial charge in [0.25, 0.3) is 5.91 Å². The van der Waals surface area contributed by atoms with Crippen LogP contribution < -0.4 is 14.4 Å². The Morgan fingerprint density at radius 3 is 2.27 bits per heavy atom. The van der Waals surface area contributed by atoms with Crippen molar-refractivity contribution in [2.75, 3.05) is 24.2 Å². The molecular formula is C18H21BrN2O4S. The minimum absolute atomic E-state index is 0.123. The Morgan fingerprint density at radius 1 is 1.15 bits per heavy atom. The first-order chi connectivity index (χ1) is 12.2. The summed E-state index contributed by atoms with van der Waals surface area (Å²) >= 11 is 3.38. The molecule has 0 radical (unpaired) electrons. The van der Waals surface area contributed by atoms with Crippen molar-refractivity contribution in [2.24, 2.45) is 0 Å². The van der Waals surface area contributed by atoms with Gasteiger partial charge in [-0.15, -0.1) is 0 Å². The molecule has 0 aromatic heterocycles. The zero-order chi connectivity index (χ0) is 19.3. The Balaban J connectivity index is 1.88. The highest BCUT2D eigenvalue weighted by Crippen LogP contribution is 2.20. The highest BCUT2D eigenvalue weighted by Gasteiger charge is 2.13. The van der Waals surface area contributed by atoms with E-state index in [1.807, 2.05) is 31.2 Å². The summed E-state index contributed by atoms with van der Waals surface area (Å²) in [6.45, 7) is 1.78. The normalized spacial score (nSPS) is 12.3. The highest BCUT2D eigenvalue weighted by atomic mass is 79.9. The average molecular weight is 441 g/mol. The summed E-state index contributed by atoms with van der Waals surface area (Å²) in [5.74, 6) is 0.250. The van der Waals surface area contributed by atoms with Crippen molar-refractivity contribution in [1.82, 2.24) is 5.32 Å². The Kier molecular flexibility index (Phi) is 6.66. The zero-order valence-corrected chi connectivity index (χ0v) is 17.2. The van der Waals surface area contributed by atoms with Crippen LogP contribution in [0.15, 0.2) is 53.0 Å². The molecule has 140 valence electrons. The third kappa shape index (κ3) is 5.74. The van der Waals surface area contributed by atoms with E-state index in [0.29, 0.717) is 11.4 Å². The molecule has 0 aliphatic carbocycles. The van der Waals surface area contributed by atoms with E-state index in [2.05, 4.69) is 21.2 Å². The lowest BCUT2D eigenvalue weighted by Crippen LogP contribution is -2.31. The monoisotopic (exact) mass is 440 g/mol. The van der Waals surface area contributed by atoms with Crippen LogP contribution in [0.5, 0.6) is 5.75 Å². The molecule has 2 aromatic rings. The van der Waals surface area contributed by atoms with Crippen molar-refractivity contribution in [2.45, 2.75) is 13.0 Å². The van der Waals surface area contributed by atoms with Crippen LogP contribution in [-0.4, -0.2) is 34.2 Å². The number of ether oxygens (including phenoxy) is 1. The highest BCUT2D eigenvalue weighted by molar-refractivity contribution is 9.10. The Labute approximate surface area is 162 Å². The lowest BCUT2D eigenvalue weighted by Gasteiger charge is -2.17. The van der Waals surface area contributed by atoms with E-state index >= 15 is 0 Å². The fourth-order valence-corrected chi connectivity index (χ4v) is 2.98. The molecule has 1 N–H and O–H groups in total. The van der Waals surface area contributed by atoms with Gasteiger partial charge in [-0.3, -0.25) is 9.10 Å². The van der Waals surface area contributed by atoms with Crippen LogP contribution in [0.25, 0.3) is 0 Å². The summed E-state index contributed by atoms with van der Waals surface area (Å²) in [4.78, 5) is 12.0. The molecule has 6 nitrogen and oxygen atoms in total. The number of carbonyl (C=O) groups excluding carboxylic acids is 1. The minimum atomic E-state index is -3.31. The van der Waals surface area contributed by atoms with Crippen LogP contribution in [0.1, 0.15) is 18.5 Å². The van der Waals surface area contributed by atoms with Gasteiger partial charge in [0.2, 0.25) is 10.0 Å². The number of nitrogens with one attached hydrogen (secondary N) is 1. The maximum atomic E-state index is 12.0. The lowest BCUT2D eigenvalue weighted by molar-refractivity contribution is -0.123. The van der Waals surface area contributed by atoms with E-state index in [4.69, 9.17) is 4.74 Å². The first-order valence-electron chi connectivity index (χ1n) is 7.88. The summed E-state index contributed by atoms with van der Waals surface area (Å²) in [7, 11) is -1.84. The van der Waals surface area contributed by atoms with Gasteiger partial charge in [-0.25, -0.2) is 8.42 Å². The van der Waals surface area contributed by atoms with E-state index in [1.165, 1.54) is 11.4 Å². The van der Waals surface area contributed by atoms with Crippen LogP contribution in [0, 0.1) is 0 Å². The van der Waals surface area contributed by atoms with Gasteiger partial charge in [0.05, 0.1) is 18.0 Å². The summed E-state index contributed by atoms with van der Waals surface area (Å²) in [6.07, 6.45) is 1.13. The fourth-order valence-electron chi connectivity index (χ4n) is 2.21. The number of sulfonamides is 1. The molecule has 2 rings (SSSR count). The predicted octanol–water partition coefficient (Wildman–Crippen LogP) is 3.10. The van der Waals surface area contributed by atoms with Crippen molar-refractivity contribution in [3.8, 4) is 5.75 Å². The fraction of sp³-hybridized carbons (Fsp3) is 0.278. The zero-order valence-electron chi connectivity index (χ0n) is 14.8. The molecule has 1 atom stereocenters. The van der Waals surface area contributed by atoms with E-state index in [-0.39, 0.29) is 18.6 Å². The summed E-state index contributed by atoms with van der Waals surface area (Å²) in [5, 5.41) is 2.87. The first kappa shape index (κ1) is 20.3. The number of halogens is 1. The van der Waals surface area contributed by atoms with Gasteiger partial charge in [0.1, 0.15) is 5.75 Å². The quantitative estimate of drug-likeness (QED) is 0.717. The second-order valence-corrected chi connectivity index (χ2v) is 8.78. The predicted molar refractivity (Wildman–Crippen MR) is 106 cm³/mol. The van der Waals surface area contributed by atoms with E-state index in [9.17, 15) is 13.2 Å². The maximum absolute atomic E-state index is 12.0. The molecule has 1 amide bonds. The van der Waals surface area contributed by atoms with Gasteiger partial charge in [0, 0.05) is 11.5 Å².